The molecule has 54 heteroatoms. The van der Waals surface area contributed by atoms with Crippen molar-refractivity contribution in [3.05, 3.63) is 141 Å². The van der Waals surface area contributed by atoms with E-state index in [1.807, 2.05) is 0 Å². The first-order valence-electron chi connectivity index (χ1n) is 39.1. The normalized spacial score (nSPS) is 22.2. The van der Waals surface area contributed by atoms with Gasteiger partial charge in [0.1, 0.15) is 90.5 Å². The Morgan fingerprint density at radius 1 is 0.441 bits per heavy atom. The van der Waals surface area contributed by atoms with Gasteiger partial charge in [-0.05, 0) is 136 Å². The van der Waals surface area contributed by atoms with Crippen molar-refractivity contribution in [1.82, 2.24) is 73.8 Å². The molecule has 0 saturated carbocycles. The number of imidazole rings is 3. The lowest BCUT2D eigenvalue weighted by molar-refractivity contribution is -0.150. The highest BCUT2D eigenvalue weighted by Crippen LogP contribution is 2.50. The lowest BCUT2D eigenvalue weighted by Gasteiger charge is -2.25. The second-order valence-electron chi connectivity index (χ2n) is 28.3. The van der Waals surface area contributed by atoms with E-state index in [-0.39, 0.29) is 93.7 Å². The van der Waals surface area contributed by atoms with Crippen LogP contribution >= 0.6 is 23.2 Å². The smallest absolute Gasteiger partial charge is 0.459 e. The number of aliphatic hydroxyl groups excluding tert-OH is 3. The number of ether oxygens (including phenoxy) is 9. The molecule has 12 N–H and O–H groups in total. The number of nitrogens with zero attached hydrogens (tertiary/aromatic N) is 21. The highest BCUT2D eigenvalue weighted by Gasteiger charge is 2.51. The number of nitrogens with two attached hydrogens (primary N) is 3. The van der Waals surface area contributed by atoms with Gasteiger partial charge in [-0.15, -0.1) is 0 Å². The molecule has 0 bridgehead atoms. The maximum absolute atomic E-state index is 13.8. The SMILES string of the molecule is C.CCOc1nc(N)nc2c1ncn2[C@@H]1O[C@H](COP(=O)(N[C@@H](C)C(=O)OC(C)C)Oc2ccccc2)[C@@H](O)[C@H]1N=[N+]=[N-].CCOc1nc(N)nc2c1ncn2[C@@H]1O[C@H](CO[P@@](=O)(N[C@@H](C)C(=O)OC(C)C)Oc2ccccc2)[C@@H](O)[C@H]1N=[N+]=[N-].CCOc1nc(N)nc2c1ncn2[C@@H]1O[C@H](CO[P@](=O)(N[C@@H](C)C(=O)OC(C)C)Oc2ccccc2)[C@@H](O)[C@H]1N=[N+]=[N-]. The van der Waals surface area contributed by atoms with Gasteiger partial charge >= 0.3 is 41.1 Å². The number of hydrogen-bond acceptors (Lipinski definition) is 39. The van der Waals surface area contributed by atoms with E-state index in [9.17, 15) is 60.0 Å². The second kappa shape index (κ2) is 45.0. The summed E-state index contributed by atoms with van der Waals surface area (Å²) in [6.07, 6.45) is -8.22. The van der Waals surface area contributed by atoms with Crippen LogP contribution in [-0.4, -0.2) is 223 Å². The van der Waals surface area contributed by atoms with E-state index in [0.717, 1.165) is 0 Å². The van der Waals surface area contributed by atoms with E-state index < -0.39 is 171 Å². The fourth-order valence-corrected chi connectivity index (χ4v) is 16.9. The molecule has 9 heterocycles. The van der Waals surface area contributed by atoms with Gasteiger partial charge in [-0.1, -0.05) is 77.4 Å². The summed E-state index contributed by atoms with van der Waals surface area (Å²) >= 11 is 0. The number of hydrogen-bond donors (Lipinski definition) is 9. The first-order valence-corrected chi connectivity index (χ1v) is 43.7. The number of azide groups is 3. The van der Waals surface area contributed by atoms with Crippen molar-refractivity contribution in [3.63, 3.8) is 0 Å². The van der Waals surface area contributed by atoms with Crippen molar-refractivity contribution in [2.45, 2.75) is 200 Å². The van der Waals surface area contributed by atoms with Crippen molar-refractivity contribution >= 4 is 92.5 Å². The third-order valence-corrected chi connectivity index (χ3v) is 22.7. The molecule has 3 aliphatic rings. The average Bonchev–Trinajstić information content (AvgIpc) is 1.62. The Labute approximate surface area is 725 Å². The van der Waals surface area contributed by atoms with Crippen molar-refractivity contribution in [2.24, 2.45) is 15.3 Å². The molecule has 0 radical (unpaired) electrons. The Kier molecular flexibility index (Phi) is 35.0. The highest BCUT2D eigenvalue weighted by atomic mass is 31.2. The predicted octanol–water partition coefficient (Wildman–Crippen LogP) is 9.27. The molecule has 1 unspecified atom stereocenters. The number of nitrogen functional groups attached to an aromatic ring is 3. The molecule has 51 nitrogen and oxygen atoms in total. The van der Waals surface area contributed by atoms with Gasteiger partial charge in [-0.3, -0.25) is 41.7 Å². The number of nitrogens with one attached hydrogen (secondary N) is 3. The van der Waals surface area contributed by atoms with E-state index in [0.29, 0.717) is 19.8 Å². The average molecular weight is 1830 g/mol. The minimum absolute atomic E-state index is 0. The van der Waals surface area contributed by atoms with Crippen LogP contribution in [0.15, 0.2) is 125 Å². The largest absolute Gasteiger partial charge is 0.476 e. The summed E-state index contributed by atoms with van der Waals surface area (Å²) in [6, 6.07) is 17.8. The van der Waals surface area contributed by atoms with Crippen LogP contribution in [0, 0.1) is 0 Å². The standard InChI is InChI=1S/3C24H32N9O8P.CH4/c3*1-5-37-21-18-20(28-24(25)29-21)33(12-27-18)22-17(30-32-26)19(34)16(40-22)11-38-42(36,41-15-9-7-6-8-10-15)31-14(4)23(35)39-13(2)3;/h3*6-10,12-14,16-17,19,22,34H,5,11H2,1-4H3,(H,31,36)(H2,25,28,29);1H4/t14-,16+,17+,19+,22+,42?;14-,16+,17+,19+,22+,42+;14-,16+,17+,19+,22+,42-;/m000./s1. The summed E-state index contributed by atoms with van der Waals surface area (Å²) < 4.78 is 130. The maximum Gasteiger partial charge on any atom is 0.459 e. The number of para-hydroxylation sites is 3. The van der Waals surface area contributed by atoms with Gasteiger partial charge < -0.3 is 88.7 Å². The molecule has 9 aromatic rings. The third kappa shape index (κ3) is 25.5. The van der Waals surface area contributed by atoms with E-state index >= 15 is 0 Å². The van der Waals surface area contributed by atoms with E-state index in [4.69, 9.17) is 87.0 Å². The minimum atomic E-state index is -4.27. The number of benzene rings is 3. The molecular formula is C73H100N27O24P3. The first-order chi connectivity index (χ1) is 60.1. The number of carbonyl (C=O) groups excluding carboxylic acids is 3. The molecule has 686 valence electrons. The number of fused-ring (bicyclic) bond motifs is 3. The molecule has 3 aromatic carbocycles. The number of aliphatic hydroxyl groups is 3. The number of aromatic nitrogens is 12. The zero-order chi connectivity index (χ0) is 91.3. The van der Waals surface area contributed by atoms with Crippen molar-refractivity contribution in [2.75, 3.05) is 56.8 Å². The van der Waals surface area contributed by atoms with Crippen LogP contribution in [0.5, 0.6) is 34.9 Å². The van der Waals surface area contributed by atoms with Gasteiger partial charge in [0.25, 0.3) is 0 Å². The summed E-state index contributed by atoms with van der Waals surface area (Å²) in [5.74, 6) is -1.28. The lowest BCUT2D eigenvalue weighted by Crippen LogP contribution is -2.37. The van der Waals surface area contributed by atoms with E-state index in [1.165, 1.54) is 53.5 Å². The number of anilines is 3. The molecule has 3 fully saturated rings. The van der Waals surface area contributed by atoms with Crippen molar-refractivity contribution < 1.29 is 113 Å². The van der Waals surface area contributed by atoms with Gasteiger partial charge in [0, 0.05) is 14.7 Å². The fraction of sp³-hybridized carbons (Fsp3) is 0.507. The van der Waals surface area contributed by atoms with Gasteiger partial charge in [0.05, 0.1) is 95.2 Å². The molecule has 127 heavy (non-hydrogen) atoms. The van der Waals surface area contributed by atoms with Gasteiger partial charge in [0.15, 0.2) is 33.5 Å². The number of rotatable bonds is 39. The van der Waals surface area contributed by atoms with Crippen LogP contribution in [0.2, 0.25) is 0 Å². The van der Waals surface area contributed by atoms with Gasteiger partial charge in [0.2, 0.25) is 35.5 Å². The van der Waals surface area contributed by atoms with Crippen molar-refractivity contribution in [1.29, 1.82) is 0 Å². The van der Waals surface area contributed by atoms with E-state index in [2.05, 4.69) is 90.2 Å². The van der Waals surface area contributed by atoms with Crippen LogP contribution < -0.4 is 60.2 Å². The van der Waals surface area contributed by atoms with Crippen molar-refractivity contribution in [3.8, 4) is 34.9 Å². The first kappa shape index (κ1) is 98.8. The minimum Gasteiger partial charge on any atom is -0.476 e. The summed E-state index contributed by atoms with van der Waals surface area (Å²) in [7, 11) is -12.8. The lowest BCUT2D eigenvalue weighted by atomic mass is 10.1. The summed E-state index contributed by atoms with van der Waals surface area (Å²) in [5, 5.41) is 52.0. The molecule has 0 aliphatic carbocycles. The molecule has 0 spiro atoms. The Morgan fingerprint density at radius 2 is 0.685 bits per heavy atom. The van der Waals surface area contributed by atoms with Crippen LogP contribution in [-0.2, 0) is 70.1 Å². The zero-order valence-corrected chi connectivity index (χ0v) is 72.6. The van der Waals surface area contributed by atoms with E-state index in [1.54, 1.807) is 153 Å². The topological polar surface area (TPSA) is 693 Å². The quantitative estimate of drug-likeness (QED) is 0.00432. The Balaban J connectivity index is 0.000000214. The molecule has 18 atom stereocenters. The molecule has 12 rings (SSSR count). The second-order valence-corrected chi connectivity index (χ2v) is 33.4. The Bertz CT molecular complexity index is 4980. The summed E-state index contributed by atoms with van der Waals surface area (Å²) in [6.45, 7) is 19.1. The monoisotopic (exact) mass is 1830 g/mol. The molecule has 3 aliphatic heterocycles. The number of esters is 3. The summed E-state index contributed by atoms with van der Waals surface area (Å²) in [4.78, 5) is 83.4. The van der Waals surface area contributed by atoms with Crippen LogP contribution in [0.1, 0.15) is 109 Å². The van der Waals surface area contributed by atoms with Gasteiger partial charge in [-0.25, -0.2) is 28.6 Å². The van der Waals surface area contributed by atoms with Crippen LogP contribution in [0.4, 0.5) is 17.8 Å². The van der Waals surface area contributed by atoms with Crippen LogP contribution in [0.25, 0.3) is 64.8 Å². The zero-order valence-electron chi connectivity index (χ0n) is 69.9. The Hall–Kier alpha value is -11.9. The molecule has 0 amide bonds. The summed E-state index contributed by atoms with van der Waals surface area (Å²) in [5.41, 5.74) is 46.6. The molecule has 3 saturated heterocycles. The van der Waals surface area contributed by atoms with Crippen LogP contribution in [0.3, 0.4) is 0 Å². The van der Waals surface area contributed by atoms with Gasteiger partial charge in [-0.2, -0.15) is 45.2 Å². The maximum atomic E-state index is 13.8. The highest BCUT2D eigenvalue weighted by molar-refractivity contribution is 7.52. The molecular weight excluding hydrogens is 1730 g/mol. The predicted molar refractivity (Wildman–Crippen MR) is 451 cm³/mol. The third-order valence-electron chi connectivity index (χ3n) is 17.8. The molecule has 6 aromatic heterocycles. The number of carbonyl (C=O) groups is 3. The Morgan fingerprint density at radius 3 is 0.906 bits per heavy atom. The fourth-order valence-electron chi connectivity index (χ4n) is 12.4.